The van der Waals surface area contributed by atoms with Crippen LogP contribution in [0.5, 0.6) is 5.75 Å². The Bertz CT molecular complexity index is 764. The van der Waals surface area contributed by atoms with Gasteiger partial charge in [0.1, 0.15) is 12.4 Å². The molecule has 0 radical (unpaired) electrons. The molecule has 4 saturated carbocycles. The van der Waals surface area contributed by atoms with E-state index in [4.69, 9.17) is 4.74 Å². The summed E-state index contributed by atoms with van der Waals surface area (Å²) in [5.41, 5.74) is 3.10. The van der Waals surface area contributed by atoms with E-state index in [2.05, 4.69) is 60.8 Å². The summed E-state index contributed by atoms with van der Waals surface area (Å²) in [5.74, 6) is 4.02. The molecule has 1 N–H and O–H groups in total. The van der Waals surface area contributed by atoms with Crippen molar-refractivity contribution in [3.8, 4) is 5.75 Å². The van der Waals surface area contributed by atoms with Gasteiger partial charge in [-0.05, 0) is 91.9 Å². The van der Waals surface area contributed by atoms with E-state index in [1.54, 1.807) is 0 Å². The van der Waals surface area contributed by atoms with Crippen molar-refractivity contribution in [2.24, 2.45) is 23.2 Å². The van der Waals surface area contributed by atoms with Crippen LogP contribution >= 0.6 is 0 Å². The molecule has 2 nitrogen and oxygen atoms in total. The van der Waals surface area contributed by atoms with Crippen molar-refractivity contribution >= 4 is 0 Å². The molecular formula is C26H33NO. The first-order valence-electron chi connectivity index (χ1n) is 11.2. The van der Waals surface area contributed by atoms with E-state index < -0.39 is 0 Å². The highest BCUT2D eigenvalue weighted by atomic mass is 16.5. The van der Waals surface area contributed by atoms with Crippen molar-refractivity contribution < 1.29 is 4.74 Å². The number of ether oxygens (including phenoxy) is 1. The molecule has 4 aliphatic rings. The predicted octanol–water partition coefficient (Wildman–Crippen LogP) is 5.96. The van der Waals surface area contributed by atoms with Gasteiger partial charge in [0.25, 0.3) is 0 Å². The van der Waals surface area contributed by atoms with Crippen molar-refractivity contribution in [3.05, 3.63) is 65.7 Å². The fraction of sp³-hybridized carbons (Fsp3) is 0.538. The summed E-state index contributed by atoms with van der Waals surface area (Å²) in [6.07, 6.45) is 8.96. The molecule has 2 aromatic carbocycles. The van der Waals surface area contributed by atoms with E-state index in [0.717, 1.165) is 30.0 Å². The average molecular weight is 376 g/mol. The van der Waals surface area contributed by atoms with Crippen LogP contribution in [0.2, 0.25) is 0 Å². The quantitative estimate of drug-likeness (QED) is 0.645. The van der Waals surface area contributed by atoms with Crippen LogP contribution < -0.4 is 10.1 Å². The number of hydrogen-bond acceptors (Lipinski definition) is 2. The van der Waals surface area contributed by atoms with Gasteiger partial charge in [0.05, 0.1) is 0 Å². The summed E-state index contributed by atoms with van der Waals surface area (Å²) >= 11 is 0. The normalized spacial score (nSPS) is 31.7. The third kappa shape index (κ3) is 3.72. The molecular weight excluding hydrogens is 342 g/mol. The van der Waals surface area contributed by atoms with E-state index in [-0.39, 0.29) is 0 Å². The van der Waals surface area contributed by atoms with Gasteiger partial charge in [-0.2, -0.15) is 0 Å². The molecule has 2 heteroatoms. The average Bonchev–Trinajstić information content (AvgIpc) is 2.70. The molecule has 4 bridgehead atoms. The van der Waals surface area contributed by atoms with Gasteiger partial charge in [-0.3, -0.25) is 0 Å². The first-order chi connectivity index (χ1) is 13.7. The molecule has 1 atom stereocenters. The lowest BCUT2D eigenvalue weighted by Crippen LogP contribution is -2.54. The number of nitrogens with one attached hydrogen (secondary N) is 1. The third-order valence-electron chi connectivity index (χ3n) is 7.76. The third-order valence-corrected chi connectivity index (χ3v) is 7.76. The molecule has 0 unspecified atom stereocenters. The molecule has 2 aromatic rings. The van der Waals surface area contributed by atoms with Crippen LogP contribution in [0.3, 0.4) is 0 Å². The van der Waals surface area contributed by atoms with Crippen molar-refractivity contribution in [2.45, 2.75) is 64.6 Å². The minimum Gasteiger partial charge on any atom is -0.489 e. The first kappa shape index (κ1) is 18.2. The molecule has 0 amide bonds. The fourth-order valence-electron chi connectivity index (χ4n) is 6.68. The molecule has 4 fully saturated rings. The van der Waals surface area contributed by atoms with Crippen LogP contribution in [0, 0.1) is 23.2 Å². The van der Waals surface area contributed by atoms with Crippen molar-refractivity contribution in [2.75, 3.05) is 0 Å². The zero-order valence-corrected chi connectivity index (χ0v) is 17.1. The molecule has 28 heavy (non-hydrogen) atoms. The molecule has 0 aromatic heterocycles. The van der Waals surface area contributed by atoms with E-state index in [0.29, 0.717) is 18.1 Å². The highest BCUT2D eigenvalue weighted by molar-refractivity contribution is 5.29. The molecule has 148 valence electrons. The Balaban J connectivity index is 1.19. The van der Waals surface area contributed by atoms with E-state index in [1.165, 1.54) is 49.7 Å². The first-order valence-corrected chi connectivity index (χ1v) is 11.2. The summed E-state index contributed by atoms with van der Waals surface area (Å²) in [6, 6.07) is 19.6. The largest absolute Gasteiger partial charge is 0.489 e. The maximum Gasteiger partial charge on any atom is 0.120 e. The lowest BCUT2D eigenvalue weighted by atomic mass is 9.48. The summed E-state index contributed by atoms with van der Waals surface area (Å²) in [5, 5.41) is 3.90. The summed E-state index contributed by atoms with van der Waals surface area (Å²) in [4.78, 5) is 0. The van der Waals surface area contributed by atoms with Gasteiger partial charge < -0.3 is 10.1 Å². The molecule has 6 rings (SSSR count). The number of rotatable bonds is 7. The van der Waals surface area contributed by atoms with Crippen molar-refractivity contribution in [1.82, 2.24) is 5.32 Å². The second-order valence-corrected chi connectivity index (χ2v) is 9.80. The molecule has 0 spiro atoms. The Labute approximate surface area is 169 Å². The smallest absolute Gasteiger partial charge is 0.120 e. The van der Waals surface area contributed by atoms with E-state index >= 15 is 0 Å². The lowest BCUT2D eigenvalue weighted by molar-refractivity contribution is -0.0706. The molecule has 4 aliphatic carbocycles. The van der Waals surface area contributed by atoms with Crippen LogP contribution in [-0.4, -0.2) is 6.04 Å². The standard InChI is InChI=1S/C26H33NO/c1-19(26-14-22-10-23(15-26)12-24(11-22)16-26)27-17-21-8-5-9-25(13-21)28-18-20-6-3-2-4-7-20/h2-9,13,19,22-24,27H,10-12,14-18H2,1H3/t19-,22?,23?,24?,26?/m1/s1. The summed E-state index contributed by atoms with van der Waals surface area (Å²) in [7, 11) is 0. The fourth-order valence-corrected chi connectivity index (χ4v) is 6.68. The Morgan fingerprint density at radius 1 is 0.893 bits per heavy atom. The molecule has 0 heterocycles. The number of benzene rings is 2. The van der Waals surface area contributed by atoms with Crippen LogP contribution in [0.4, 0.5) is 0 Å². The monoisotopic (exact) mass is 375 g/mol. The highest BCUT2D eigenvalue weighted by Gasteiger charge is 2.52. The lowest BCUT2D eigenvalue weighted by Gasteiger charge is -2.59. The summed E-state index contributed by atoms with van der Waals surface area (Å²) < 4.78 is 6.01. The maximum atomic E-state index is 6.01. The number of hydrogen-bond donors (Lipinski definition) is 1. The van der Waals surface area contributed by atoms with Gasteiger partial charge in [-0.15, -0.1) is 0 Å². The van der Waals surface area contributed by atoms with Crippen LogP contribution in [0.15, 0.2) is 54.6 Å². The summed E-state index contributed by atoms with van der Waals surface area (Å²) in [6.45, 7) is 4.01. The van der Waals surface area contributed by atoms with Gasteiger partial charge >= 0.3 is 0 Å². The van der Waals surface area contributed by atoms with E-state index in [1.807, 2.05) is 6.07 Å². The van der Waals surface area contributed by atoms with Gasteiger partial charge in [0, 0.05) is 12.6 Å². The van der Waals surface area contributed by atoms with Gasteiger partial charge in [0.2, 0.25) is 0 Å². The zero-order valence-electron chi connectivity index (χ0n) is 17.1. The second-order valence-electron chi connectivity index (χ2n) is 9.80. The SMILES string of the molecule is C[C@@H](NCc1cccc(OCc2ccccc2)c1)C12CC3CC(CC(C3)C1)C2. The highest BCUT2D eigenvalue weighted by Crippen LogP contribution is 2.61. The van der Waals surface area contributed by atoms with Crippen molar-refractivity contribution in [1.29, 1.82) is 0 Å². The Kier molecular flexibility index (Phi) is 4.92. The Hall–Kier alpha value is -1.80. The van der Waals surface area contributed by atoms with E-state index in [9.17, 15) is 0 Å². The van der Waals surface area contributed by atoms with Gasteiger partial charge in [0.15, 0.2) is 0 Å². The molecule has 0 aliphatic heterocycles. The Morgan fingerprint density at radius 3 is 2.21 bits per heavy atom. The minimum absolute atomic E-state index is 0.566. The van der Waals surface area contributed by atoms with Crippen LogP contribution in [0.25, 0.3) is 0 Å². The Morgan fingerprint density at radius 2 is 1.54 bits per heavy atom. The zero-order chi connectivity index (χ0) is 19.0. The molecule has 0 saturated heterocycles. The van der Waals surface area contributed by atoms with Gasteiger partial charge in [-0.25, -0.2) is 0 Å². The van der Waals surface area contributed by atoms with Crippen molar-refractivity contribution in [3.63, 3.8) is 0 Å². The minimum atomic E-state index is 0.566. The van der Waals surface area contributed by atoms with Crippen LogP contribution in [-0.2, 0) is 13.2 Å². The van der Waals surface area contributed by atoms with Gasteiger partial charge in [-0.1, -0.05) is 42.5 Å². The van der Waals surface area contributed by atoms with Crippen LogP contribution in [0.1, 0.15) is 56.6 Å². The predicted molar refractivity (Wildman–Crippen MR) is 114 cm³/mol. The second kappa shape index (κ2) is 7.55. The maximum absolute atomic E-state index is 6.01. The topological polar surface area (TPSA) is 21.3 Å².